The lowest BCUT2D eigenvalue weighted by Crippen LogP contribution is -2.50. The van der Waals surface area contributed by atoms with Crippen LogP contribution in [0.1, 0.15) is 26.2 Å². The molecule has 1 fully saturated rings. The van der Waals surface area contributed by atoms with Gasteiger partial charge in [-0.15, -0.1) is 0 Å². The molecule has 14 heavy (non-hydrogen) atoms. The largest absolute Gasteiger partial charge is 0.392 e. The Morgan fingerprint density at radius 2 is 2.21 bits per heavy atom. The number of nitrogens with two attached hydrogens (primary N) is 1. The zero-order valence-corrected chi connectivity index (χ0v) is 9.90. The lowest BCUT2D eigenvalue weighted by atomic mass is 10.1. The standard InChI is InChI=1S/C8H16N2O2S2/c1-2-14(11,12)10-6-4-3-5-7(10)8(9)13/h7H,2-6H2,1H3,(H2,9,13). The molecule has 0 amide bonds. The Bertz CT molecular complexity index is 313. The van der Waals surface area contributed by atoms with E-state index in [9.17, 15) is 8.42 Å². The van der Waals surface area contributed by atoms with Crippen molar-refractivity contribution < 1.29 is 8.42 Å². The van der Waals surface area contributed by atoms with Gasteiger partial charge in [-0.25, -0.2) is 8.42 Å². The van der Waals surface area contributed by atoms with Crippen LogP contribution in [-0.4, -0.2) is 36.1 Å². The minimum Gasteiger partial charge on any atom is -0.392 e. The van der Waals surface area contributed by atoms with E-state index < -0.39 is 10.0 Å². The van der Waals surface area contributed by atoms with E-state index in [0.717, 1.165) is 19.3 Å². The average Bonchev–Trinajstić information content (AvgIpc) is 2.18. The molecule has 1 heterocycles. The molecule has 1 unspecified atom stereocenters. The molecule has 0 bridgehead atoms. The van der Waals surface area contributed by atoms with Gasteiger partial charge in [0.15, 0.2) is 0 Å². The second-order valence-corrected chi connectivity index (χ2v) is 6.11. The minimum atomic E-state index is -3.15. The summed E-state index contributed by atoms with van der Waals surface area (Å²) in [6, 6.07) is -0.260. The highest BCUT2D eigenvalue weighted by molar-refractivity contribution is 7.89. The van der Waals surface area contributed by atoms with Crippen LogP contribution in [0.3, 0.4) is 0 Å². The van der Waals surface area contributed by atoms with Crippen LogP contribution in [0.4, 0.5) is 0 Å². The van der Waals surface area contributed by atoms with Gasteiger partial charge in [0.1, 0.15) is 0 Å². The van der Waals surface area contributed by atoms with Gasteiger partial charge in [0.25, 0.3) is 0 Å². The maximum absolute atomic E-state index is 11.7. The molecular formula is C8H16N2O2S2. The fourth-order valence-electron chi connectivity index (χ4n) is 1.69. The van der Waals surface area contributed by atoms with Gasteiger partial charge in [-0.1, -0.05) is 18.6 Å². The number of hydrogen-bond acceptors (Lipinski definition) is 3. The second kappa shape index (κ2) is 4.55. The van der Waals surface area contributed by atoms with Crippen LogP contribution in [0.15, 0.2) is 0 Å². The molecule has 0 spiro atoms. The average molecular weight is 236 g/mol. The van der Waals surface area contributed by atoms with Crippen molar-refractivity contribution in [2.75, 3.05) is 12.3 Å². The predicted octanol–water partition coefficient (Wildman–Crippen LogP) is 0.477. The van der Waals surface area contributed by atoms with Crippen LogP contribution in [0.25, 0.3) is 0 Å². The zero-order chi connectivity index (χ0) is 10.8. The fraction of sp³-hybridized carbons (Fsp3) is 0.875. The van der Waals surface area contributed by atoms with E-state index >= 15 is 0 Å². The van der Waals surface area contributed by atoms with Crippen LogP contribution in [0.2, 0.25) is 0 Å². The van der Waals surface area contributed by atoms with Crippen molar-refractivity contribution in [3.05, 3.63) is 0 Å². The van der Waals surface area contributed by atoms with Crippen molar-refractivity contribution >= 4 is 27.2 Å². The highest BCUT2D eigenvalue weighted by atomic mass is 32.2. The number of nitrogens with zero attached hydrogens (tertiary/aromatic N) is 1. The highest BCUT2D eigenvalue weighted by Crippen LogP contribution is 2.20. The number of hydrogen-bond donors (Lipinski definition) is 1. The second-order valence-electron chi connectivity index (χ2n) is 3.43. The first-order chi connectivity index (χ1) is 6.49. The Labute approximate surface area is 90.5 Å². The first-order valence-electron chi connectivity index (χ1n) is 4.78. The predicted molar refractivity (Wildman–Crippen MR) is 60.6 cm³/mol. The van der Waals surface area contributed by atoms with Gasteiger partial charge in [0, 0.05) is 6.54 Å². The molecule has 0 aromatic heterocycles. The number of piperidine rings is 1. The van der Waals surface area contributed by atoms with Crippen LogP contribution >= 0.6 is 12.2 Å². The Hall–Kier alpha value is -0.200. The van der Waals surface area contributed by atoms with E-state index in [2.05, 4.69) is 0 Å². The van der Waals surface area contributed by atoms with E-state index in [-0.39, 0.29) is 11.8 Å². The summed E-state index contributed by atoms with van der Waals surface area (Å²) >= 11 is 4.88. The van der Waals surface area contributed by atoms with Crippen LogP contribution < -0.4 is 5.73 Å². The molecule has 0 aromatic carbocycles. The van der Waals surface area contributed by atoms with Gasteiger partial charge < -0.3 is 5.73 Å². The van der Waals surface area contributed by atoms with Gasteiger partial charge in [0.05, 0.1) is 16.8 Å². The van der Waals surface area contributed by atoms with Crippen molar-refractivity contribution in [2.45, 2.75) is 32.2 Å². The topological polar surface area (TPSA) is 63.4 Å². The normalized spacial score (nSPS) is 24.8. The molecule has 1 aliphatic heterocycles. The molecule has 0 radical (unpaired) electrons. The quantitative estimate of drug-likeness (QED) is 0.724. The number of rotatable bonds is 3. The Kier molecular flexibility index (Phi) is 3.86. The number of sulfonamides is 1. The van der Waals surface area contributed by atoms with E-state index in [1.54, 1.807) is 6.92 Å². The summed E-state index contributed by atoms with van der Waals surface area (Å²) in [7, 11) is -3.15. The molecule has 6 heteroatoms. The van der Waals surface area contributed by atoms with Crippen molar-refractivity contribution in [1.82, 2.24) is 4.31 Å². The summed E-state index contributed by atoms with van der Waals surface area (Å²) in [5, 5.41) is 0. The maximum Gasteiger partial charge on any atom is 0.214 e. The van der Waals surface area contributed by atoms with Crippen molar-refractivity contribution in [3.8, 4) is 0 Å². The fourth-order valence-corrected chi connectivity index (χ4v) is 3.35. The van der Waals surface area contributed by atoms with Crippen LogP contribution in [-0.2, 0) is 10.0 Å². The lowest BCUT2D eigenvalue weighted by Gasteiger charge is -2.33. The Morgan fingerprint density at radius 1 is 1.57 bits per heavy atom. The smallest absolute Gasteiger partial charge is 0.214 e. The van der Waals surface area contributed by atoms with Crippen LogP contribution in [0.5, 0.6) is 0 Å². The molecule has 0 saturated carbocycles. The zero-order valence-electron chi connectivity index (χ0n) is 8.27. The lowest BCUT2D eigenvalue weighted by molar-refractivity contribution is 0.307. The third-order valence-electron chi connectivity index (χ3n) is 2.50. The summed E-state index contributed by atoms with van der Waals surface area (Å²) in [6.07, 6.45) is 2.66. The first-order valence-corrected chi connectivity index (χ1v) is 6.79. The summed E-state index contributed by atoms with van der Waals surface area (Å²) in [5.74, 6) is 0.117. The molecule has 2 N–H and O–H groups in total. The molecule has 82 valence electrons. The summed E-state index contributed by atoms with van der Waals surface area (Å²) < 4.78 is 24.8. The maximum atomic E-state index is 11.7. The Morgan fingerprint density at radius 3 is 2.71 bits per heavy atom. The third-order valence-corrected chi connectivity index (χ3v) is 4.66. The third kappa shape index (κ3) is 2.43. The molecule has 1 atom stereocenters. The van der Waals surface area contributed by atoms with E-state index in [1.807, 2.05) is 0 Å². The van der Waals surface area contributed by atoms with Crippen LogP contribution in [0, 0.1) is 0 Å². The van der Waals surface area contributed by atoms with Gasteiger partial charge in [0.2, 0.25) is 10.0 Å². The molecule has 1 rings (SSSR count). The summed E-state index contributed by atoms with van der Waals surface area (Å²) in [5.41, 5.74) is 5.53. The van der Waals surface area contributed by atoms with Gasteiger partial charge >= 0.3 is 0 Å². The molecule has 1 aliphatic rings. The Balaban J connectivity index is 2.88. The summed E-state index contributed by atoms with van der Waals surface area (Å²) in [6.45, 7) is 2.19. The van der Waals surface area contributed by atoms with Crippen molar-refractivity contribution in [1.29, 1.82) is 0 Å². The molecule has 0 aromatic rings. The van der Waals surface area contributed by atoms with Gasteiger partial charge in [-0.3, -0.25) is 0 Å². The van der Waals surface area contributed by atoms with Gasteiger partial charge in [-0.05, 0) is 19.8 Å². The van der Waals surface area contributed by atoms with E-state index in [1.165, 1.54) is 4.31 Å². The molecule has 4 nitrogen and oxygen atoms in total. The van der Waals surface area contributed by atoms with E-state index in [0.29, 0.717) is 11.5 Å². The van der Waals surface area contributed by atoms with E-state index in [4.69, 9.17) is 18.0 Å². The minimum absolute atomic E-state index is 0.117. The molecule has 0 aliphatic carbocycles. The molecular weight excluding hydrogens is 220 g/mol. The highest BCUT2D eigenvalue weighted by Gasteiger charge is 2.32. The van der Waals surface area contributed by atoms with Gasteiger partial charge in [-0.2, -0.15) is 4.31 Å². The van der Waals surface area contributed by atoms with Crippen molar-refractivity contribution in [3.63, 3.8) is 0 Å². The SMILES string of the molecule is CCS(=O)(=O)N1CCCCC1C(N)=S. The monoisotopic (exact) mass is 236 g/mol. The molecule has 1 saturated heterocycles. The first kappa shape index (κ1) is 11.9. The summed E-state index contributed by atoms with van der Waals surface area (Å²) in [4.78, 5) is 0.293. The number of thiocarbonyl (C=S) groups is 1. The van der Waals surface area contributed by atoms with Crippen molar-refractivity contribution in [2.24, 2.45) is 5.73 Å².